The Labute approximate surface area is 153 Å². The molecular weight excluding hydrogens is 358 g/mol. The first-order chi connectivity index (χ1) is 12.5. The molecule has 0 saturated carbocycles. The maximum atomic E-state index is 12.7. The van der Waals surface area contributed by atoms with Crippen LogP contribution in [0.5, 0.6) is 5.75 Å². The summed E-state index contributed by atoms with van der Waals surface area (Å²) in [5, 5.41) is 6.01. The minimum absolute atomic E-state index is 0.0135. The molecule has 9 heteroatoms. The summed E-state index contributed by atoms with van der Waals surface area (Å²) in [4.78, 5) is 12.3. The number of sulfonamides is 1. The third-order valence-corrected chi connectivity index (χ3v) is 6.50. The second-order valence-electron chi connectivity index (χ2n) is 6.46. The van der Waals surface area contributed by atoms with Crippen molar-refractivity contribution < 1.29 is 22.7 Å². The van der Waals surface area contributed by atoms with Gasteiger partial charge in [0.05, 0.1) is 20.3 Å². The van der Waals surface area contributed by atoms with Crippen LogP contribution in [0.1, 0.15) is 19.3 Å². The van der Waals surface area contributed by atoms with Gasteiger partial charge in [-0.2, -0.15) is 4.31 Å². The Balaban J connectivity index is 1.70. The molecular formula is C17H25N3O5S. The zero-order valence-electron chi connectivity index (χ0n) is 14.9. The fourth-order valence-corrected chi connectivity index (χ4v) is 4.87. The molecule has 0 spiro atoms. The van der Waals surface area contributed by atoms with Gasteiger partial charge in [0, 0.05) is 43.9 Å². The van der Waals surface area contributed by atoms with Crippen LogP contribution in [0.2, 0.25) is 0 Å². The second kappa shape index (κ2) is 8.34. The first-order valence-electron chi connectivity index (χ1n) is 8.80. The molecule has 2 N–H and O–H groups in total. The van der Waals surface area contributed by atoms with Crippen LogP contribution in [0.3, 0.4) is 0 Å². The number of anilines is 1. The third kappa shape index (κ3) is 4.35. The molecule has 0 aliphatic carbocycles. The quantitative estimate of drug-likeness (QED) is 0.754. The SMILES string of the molecule is COc1cc(NC(=O)CC2COCCN2)ccc1S(=O)(=O)N1CCCC1. The van der Waals surface area contributed by atoms with E-state index in [1.165, 1.54) is 17.5 Å². The molecule has 2 saturated heterocycles. The van der Waals surface area contributed by atoms with Gasteiger partial charge in [0.25, 0.3) is 0 Å². The molecule has 8 nitrogen and oxygen atoms in total. The highest BCUT2D eigenvalue weighted by atomic mass is 32.2. The van der Waals surface area contributed by atoms with Crippen molar-refractivity contribution in [2.24, 2.45) is 0 Å². The lowest BCUT2D eigenvalue weighted by molar-refractivity contribution is -0.117. The van der Waals surface area contributed by atoms with Gasteiger partial charge in [-0.15, -0.1) is 0 Å². The number of nitrogens with zero attached hydrogens (tertiary/aromatic N) is 1. The van der Waals surface area contributed by atoms with E-state index in [1.807, 2.05) is 0 Å². The molecule has 2 heterocycles. The number of methoxy groups -OCH3 is 1. The van der Waals surface area contributed by atoms with Crippen molar-refractivity contribution in [2.75, 3.05) is 45.3 Å². The Morgan fingerprint density at radius 2 is 2.15 bits per heavy atom. The second-order valence-corrected chi connectivity index (χ2v) is 8.36. The molecule has 0 radical (unpaired) electrons. The highest BCUT2D eigenvalue weighted by molar-refractivity contribution is 7.89. The van der Waals surface area contributed by atoms with Crippen LogP contribution in [0.25, 0.3) is 0 Å². The van der Waals surface area contributed by atoms with Crippen LogP contribution >= 0.6 is 0 Å². The molecule has 1 atom stereocenters. The maximum Gasteiger partial charge on any atom is 0.246 e. The highest BCUT2D eigenvalue weighted by Crippen LogP contribution is 2.31. The monoisotopic (exact) mass is 383 g/mol. The average Bonchev–Trinajstić information content (AvgIpc) is 3.17. The lowest BCUT2D eigenvalue weighted by Gasteiger charge is -2.23. The van der Waals surface area contributed by atoms with Crippen molar-refractivity contribution in [2.45, 2.75) is 30.2 Å². The fraction of sp³-hybridized carbons (Fsp3) is 0.588. The summed E-state index contributed by atoms with van der Waals surface area (Å²) in [6.45, 7) is 2.95. The van der Waals surface area contributed by atoms with Crippen LogP contribution < -0.4 is 15.4 Å². The molecule has 2 aliphatic heterocycles. The number of carbonyl (C=O) groups excluding carboxylic acids is 1. The molecule has 0 bridgehead atoms. The molecule has 2 aliphatic rings. The largest absolute Gasteiger partial charge is 0.495 e. The molecule has 26 heavy (non-hydrogen) atoms. The van der Waals surface area contributed by atoms with Crippen molar-refractivity contribution in [1.82, 2.24) is 9.62 Å². The van der Waals surface area contributed by atoms with Gasteiger partial charge >= 0.3 is 0 Å². The Morgan fingerprint density at radius 3 is 2.81 bits per heavy atom. The van der Waals surface area contributed by atoms with Gasteiger partial charge in [-0.25, -0.2) is 8.42 Å². The molecule has 2 fully saturated rings. The number of hydrogen-bond donors (Lipinski definition) is 2. The number of ether oxygens (including phenoxy) is 2. The number of rotatable bonds is 6. The van der Waals surface area contributed by atoms with E-state index in [2.05, 4.69) is 10.6 Å². The Bertz CT molecular complexity index is 741. The zero-order chi connectivity index (χ0) is 18.6. The van der Waals surface area contributed by atoms with E-state index in [9.17, 15) is 13.2 Å². The zero-order valence-corrected chi connectivity index (χ0v) is 15.7. The standard InChI is InChI=1S/C17H25N3O5S/c1-24-15-10-13(19-17(21)11-14-12-25-9-6-18-14)4-5-16(15)26(22,23)20-7-2-3-8-20/h4-5,10,14,18H,2-3,6-9,11-12H2,1H3,(H,19,21). The van der Waals surface area contributed by atoms with Gasteiger partial charge in [0.2, 0.25) is 15.9 Å². The van der Waals surface area contributed by atoms with E-state index in [-0.39, 0.29) is 29.0 Å². The number of nitrogens with one attached hydrogen (secondary N) is 2. The molecule has 1 aromatic rings. The first kappa shape index (κ1) is 19.1. The number of benzene rings is 1. The van der Waals surface area contributed by atoms with Crippen molar-refractivity contribution in [3.05, 3.63) is 18.2 Å². The van der Waals surface area contributed by atoms with Crippen LogP contribution in [0, 0.1) is 0 Å². The topological polar surface area (TPSA) is 97.0 Å². The smallest absolute Gasteiger partial charge is 0.246 e. The van der Waals surface area contributed by atoms with Crippen LogP contribution in [0.4, 0.5) is 5.69 Å². The first-order valence-corrected chi connectivity index (χ1v) is 10.2. The van der Waals surface area contributed by atoms with Crippen molar-refractivity contribution in [1.29, 1.82) is 0 Å². The van der Waals surface area contributed by atoms with Crippen molar-refractivity contribution in [3.8, 4) is 5.75 Å². The lowest BCUT2D eigenvalue weighted by Crippen LogP contribution is -2.43. The van der Waals surface area contributed by atoms with Crippen LogP contribution in [-0.4, -0.2) is 64.6 Å². The van der Waals surface area contributed by atoms with Gasteiger partial charge in [-0.1, -0.05) is 0 Å². The molecule has 1 unspecified atom stereocenters. The Hall–Kier alpha value is -1.68. The highest BCUT2D eigenvalue weighted by Gasteiger charge is 2.30. The van der Waals surface area contributed by atoms with Gasteiger partial charge in [-0.3, -0.25) is 4.79 Å². The summed E-state index contributed by atoms with van der Waals surface area (Å²) >= 11 is 0. The Kier molecular flexibility index (Phi) is 6.13. The summed E-state index contributed by atoms with van der Waals surface area (Å²) in [6, 6.07) is 4.62. The summed E-state index contributed by atoms with van der Waals surface area (Å²) < 4.78 is 37.6. The molecule has 144 valence electrons. The predicted octanol–water partition coefficient (Wildman–Crippen LogP) is 0.797. The van der Waals surface area contributed by atoms with Crippen molar-refractivity contribution >= 4 is 21.6 Å². The van der Waals surface area contributed by atoms with E-state index in [0.29, 0.717) is 32.0 Å². The number of amides is 1. The van der Waals surface area contributed by atoms with E-state index < -0.39 is 10.0 Å². The minimum atomic E-state index is -3.58. The number of morpholine rings is 1. The summed E-state index contributed by atoms with van der Waals surface area (Å²) in [7, 11) is -2.16. The summed E-state index contributed by atoms with van der Waals surface area (Å²) in [5.74, 6) is 0.0685. The average molecular weight is 383 g/mol. The van der Waals surface area contributed by atoms with Crippen LogP contribution in [-0.2, 0) is 19.6 Å². The van der Waals surface area contributed by atoms with Crippen molar-refractivity contribution in [3.63, 3.8) is 0 Å². The molecule has 0 aromatic heterocycles. The summed E-state index contributed by atoms with van der Waals surface area (Å²) in [5.41, 5.74) is 0.504. The minimum Gasteiger partial charge on any atom is -0.495 e. The van der Waals surface area contributed by atoms with E-state index >= 15 is 0 Å². The van der Waals surface area contributed by atoms with E-state index in [1.54, 1.807) is 12.1 Å². The fourth-order valence-electron chi connectivity index (χ4n) is 3.21. The van der Waals surface area contributed by atoms with Crippen LogP contribution in [0.15, 0.2) is 23.1 Å². The van der Waals surface area contributed by atoms with E-state index in [0.717, 1.165) is 19.4 Å². The normalized spacial score (nSPS) is 21.5. The van der Waals surface area contributed by atoms with Gasteiger partial charge < -0.3 is 20.1 Å². The molecule has 1 aromatic carbocycles. The van der Waals surface area contributed by atoms with Gasteiger partial charge in [0.15, 0.2) is 0 Å². The molecule has 3 rings (SSSR count). The van der Waals surface area contributed by atoms with Gasteiger partial charge in [0.1, 0.15) is 10.6 Å². The summed E-state index contributed by atoms with van der Waals surface area (Å²) in [6.07, 6.45) is 2.03. The van der Waals surface area contributed by atoms with Gasteiger partial charge in [-0.05, 0) is 25.0 Å². The number of hydrogen-bond acceptors (Lipinski definition) is 6. The Morgan fingerprint density at radius 1 is 1.38 bits per heavy atom. The maximum absolute atomic E-state index is 12.7. The third-order valence-electron chi connectivity index (χ3n) is 4.56. The number of carbonyl (C=O) groups is 1. The predicted molar refractivity (Wildman–Crippen MR) is 96.8 cm³/mol. The van der Waals surface area contributed by atoms with E-state index in [4.69, 9.17) is 9.47 Å². The molecule has 1 amide bonds. The lowest BCUT2D eigenvalue weighted by atomic mass is 10.2.